The third kappa shape index (κ3) is 4.94. The lowest BCUT2D eigenvalue weighted by Crippen LogP contribution is -2.71. The average Bonchev–Trinajstić information content (AvgIpc) is 2.28. The van der Waals surface area contributed by atoms with Crippen LogP contribution in [0.3, 0.4) is 0 Å². The van der Waals surface area contributed by atoms with Crippen LogP contribution in [-0.4, -0.2) is 56.7 Å². The predicted octanol–water partition coefficient (Wildman–Crippen LogP) is 5.71. The molecular formula is C10H5F17O3. The summed E-state index contributed by atoms with van der Waals surface area (Å²) in [5.74, 6) is 0. The summed E-state index contributed by atoms with van der Waals surface area (Å²) >= 11 is 0. The summed E-state index contributed by atoms with van der Waals surface area (Å²) in [6.07, 6.45) is -53.3. The van der Waals surface area contributed by atoms with E-state index in [2.05, 4.69) is 4.74 Å². The lowest BCUT2D eigenvalue weighted by Gasteiger charge is -2.43. The van der Waals surface area contributed by atoms with Crippen LogP contribution in [0.1, 0.15) is 0 Å². The number of hydrogen-bond acceptors (Lipinski definition) is 3. The Balaban J connectivity index is 6.56. The van der Waals surface area contributed by atoms with Crippen molar-refractivity contribution in [3.63, 3.8) is 0 Å². The van der Waals surface area contributed by atoms with Crippen LogP contribution < -0.4 is 0 Å². The smallest absolute Gasteiger partial charge is 0.376 e. The van der Waals surface area contributed by atoms with Crippen molar-refractivity contribution in [1.82, 2.24) is 0 Å². The summed E-state index contributed by atoms with van der Waals surface area (Å²) in [6, 6.07) is 0. The molecule has 0 fully saturated rings. The molecule has 0 atom stereocenters. The molecule has 0 rings (SSSR count). The predicted molar refractivity (Wildman–Crippen MR) is 54.4 cm³/mol. The largest absolute Gasteiger partial charge is 0.453 e. The van der Waals surface area contributed by atoms with E-state index in [1.54, 1.807) is 0 Å². The molecule has 3 nitrogen and oxygen atoms in total. The van der Waals surface area contributed by atoms with Crippen molar-refractivity contribution in [2.45, 2.75) is 43.0 Å². The molecule has 0 aliphatic heterocycles. The third-order valence-electron chi connectivity index (χ3n) is 2.90. The molecule has 0 amide bonds. The zero-order valence-corrected chi connectivity index (χ0v) is 13.4. The minimum atomic E-state index is -8.48. The minimum Gasteiger partial charge on any atom is -0.376 e. The molecule has 0 unspecified atom stereocenters. The Hall–Kier alpha value is -1.31. The SMILES string of the molecule is COCC(F)(F)OC(F)(F)C(F)(F)OC(F)(F)C(C(F)(F)F)(C(F)(F)F)C(F)(F)F. The first-order valence-electron chi connectivity index (χ1n) is 6.33. The van der Waals surface area contributed by atoms with Gasteiger partial charge in [-0.25, -0.2) is 9.47 Å². The Morgan fingerprint density at radius 1 is 0.467 bits per heavy atom. The van der Waals surface area contributed by atoms with E-state index in [0.717, 1.165) is 0 Å². The van der Waals surface area contributed by atoms with Crippen LogP contribution in [0, 0.1) is 5.41 Å². The van der Waals surface area contributed by atoms with Crippen LogP contribution in [0.4, 0.5) is 74.6 Å². The number of ether oxygens (including phenoxy) is 3. The van der Waals surface area contributed by atoms with Crippen LogP contribution in [0.2, 0.25) is 0 Å². The quantitative estimate of drug-likeness (QED) is 0.403. The van der Waals surface area contributed by atoms with E-state index in [1.165, 1.54) is 4.74 Å². The topological polar surface area (TPSA) is 27.7 Å². The first kappa shape index (κ1) is 28.7. The molecule has 0 radical (unpaired) electrons. The van der Waals surface area contributed by atoms with Gasteiger partial charge >= 0.3 is 48.4 Å². The molecule has 0 heterocycles. The van der Waals surface area contributed by atoms with E-state index >= 15 is 0 Å². The number of hydrogen-bond donors (Lipinski definition) is 0. The Bertz CT molecular complexity index is 550. The van der Waals surface area contributed by atoms with Crippen molar-refractivity contribution in [3.05, 3.63) is 0 Å². The van der Waals surface area contributed by atoms with Crippen LogP contribution in [0.15, 0.2) is 0 Å². The highest BCUT2D eigenvalue weighted by Crippen LogP contribution is 2.67. The van der Waals surface area contributed by atoms with Gasteiger partial charge < -0.3 is 4.74 Å². The molecule has 0 aliphatic rings. The van der Waals surface area contributed by atoms with Gasteiger partial charge in [0.2, 0.25) is 0 Å². The standard InChI is InChI=1S/C10H5F17O3/c1-28-2-3(11,12)29-9(24,25)10(26,27)30-8(22,23)4(5(13,14)15,6(16,17)18)7(19,20)21/h2H2,1H3. The van der Waals surface area contributed by atoms with Gasteiger partial charge in [0.05, 0.1) is 0 Å². The van der Waals surface area contributed by atoms with Gasteiger partial charge in [-0.1, -0.05) is 0 Å². The zero-order valence-electron chi connectivity index (χ0n) is 13.4. The maximum absolute atomic E-state index is 13.4. The van der Waals surface area contributed by atoms with Crippen molar-refractivity contribution in [2.24, 2.45) is 5.41 Å². The lowest BCUT2D eigenvalue weighted by molar-refractivity contribution is -0.571. The van der Waals surface area contributed by atoms with E-state index in [-0.39, 0.29) is 0 Å². The lowest BCUT2D eigenvalue weighted by atomic mass is 9.83. The zero-order chi connectivity index (χ0) is 24.8. The molecule has 0 aromatic rings. The normalized spacial score (nSPS) is 16.2. The Morgan fingerprint density at radius 3 is 1.03 bits per heavy atom. The highest BCUT2D eigenvalue weighted by Gasteiger charge is 2.95. The molecule has 0 aromatic heterocycles. The Kier molecular flexibility index (Phi) is 7.34. The fourth-order valence-electron chi connectivity index (χ4n) is 1.72. The maximum atomic E-state index is 13.4. The van der Waals surface area contributed by atoms with Gasteiger partial charge in [0.1, 0.15) is 6.61 Å². The van der Waals surface area contributed by atoms with Crippen LogP contribution in [0.25, 0.3) is 0 Å². The van der Waals surface area contributed by atoms with E-state index in [0.29, 0.717) is 7.11 Å². The summed E-state index contributed by atoms with van der Waals surface area (Å²) in [7, 11) is 0.308. The van der Waals surface area contributed by atoms with Gasteiger partial charge in [-0.2, -0.15) is 74.6 Å². The first-order valence-corrected chi connectivity index (χ1v) is 6.33. The van der Waals surface area contributed by atoms with Gasteiger partial charge in [0.15, 0.2) is 0 Å². The highest BCUT2D eigenvalue weighted by molar-refractivity contribution is 5.05. The van der Waals surface area contributed by atoms with Gasteiger partial charge in [-0.3, -0.25) is 0 Å². The number of methoxy groups -OCH3 is 1. The molecule has 0 saturated carbocycles. The highest BCUT2D eigenvalue weighted by atomic mass is 19.4. The van der Waals surface area contributed by atoms with Crippen LogP contribution in [-0.2, 0) is 14.2 Å². The monoisotopic (exact) mass is 496 g/mol. The summed E-state index contributed by atoms with van der Waals surface area (Å²) in [6.45, 7) is -2.34. The summed E-state index contributed by atoms with van der Waals surface area (Å²) < 4.78 is 224. The Labute approximate surface area is 152 Å². The molecule has 0 N–H and O–H groups in total. The fourth-order valence-corrected chi connectivity index (χ4v) is 1.72. The summed E-state index contributed by atoms with van der Waals surface area (Å²) in [5.41, 5.74) is -8.48. The van der Waals surface area contributed by atoms with Crippen molar-refractivity contribution >= 4 is 0 Å². The second-order valence-corrected chi connectivity index (χ2v) is 5.07. The second kappa shape index (κ2) is 7.68. The van der Waals surface area contributed by atoms with Gasteiger partial charge in [0, 0.05) is 7.11 Å². The van der Waals surface area contributed by atoms with Crippen molar-refractivity contribution in [3.8, 4) is 0 Å². The third-order valence-corrected chi connectivity index (χ3v) is 2.90. The van der Waals surface area contributed by atoms with Gasteiger partial charge in [-0.15, -0.1) is 0 Å². The number of halogens is 17. The van der Waals surface area contributed by atoms with Crippen molar-refractivity contribution in [2.75, 3.05) is 13.7 Å². The van der Waals surface area contributed by atoms with Gasteiger partial charge in [0.25, 0.3) is 0 Å². The molecule has 0 spiro atoms. The van der Waals surface area contributed by atoms with Crippen molar-refractivity contribution in [1.29, 1.82) is 0 Å². The fraction of sp³-hybridized carbons (Fsp3) is 1.00. The van der Waals surface area contributed by atoms with Crippen LogP contribution >= 0.6 is 0 Å². The average molecular weight is 496 g/mol. The molecule has 0 saturated heterocycles. The molecule has 20 heteroatoms. The van der Waals surface area contributed by atoms with E-state index in [1.807, 2.05) is 4.74 Å². The minimum absolute atomic E-state index is 0.308. The van der Waals surface area contributed by atoms with Gasteiger partial charge in [-0.05, 0) is 0 Å². The maximum Gasteiger partial charge on any atom is 0.453 e. The Morgan fingerprint density at radius 2 is 0.767 bits per heavy atom. The number of rotatable bonds is 8. The van der Waals surface area contributed by atoms with E-state index in [9.17, 15) is 74.6 Å². The van der Waals surface area contributed by atoms with E-state index < -0.39 is 55.0 Å². The van der Waals surface area contributed by atoms with E-state index in [4.69, 9.17) is 0 Å². The molecule has 182 valence electrons. The summed E-state index contributed by atoms with van der Waals surface area (Å²) in [5, 5.41) is 0. The second-order valence-electron chi connectivity index (χ2n) is 5.07. The molecule has 30 heavy (non-hydrogen) atoms. The number of alkyl halides is 17. The summed E-state index contributed by atoms with van der Waals surface area (Å²) in [4.78, 5) is 0. The molecular weight excluding hydrogens is 491 g/mol. The van der Waals surface area contributed by atoms with Crippen molar-refractivity contribution < 1.29 is 88.8 Å². The van der Waals surface area contributed by atoms with Crippen LogP contribution in [0.5, 0.6) is 0 Å². The first-order chi connectivity index (χ1) is 12.7. The molecule has 0 aliphatic carbocycles. The molecule has 0 aromatic carbocycles. The molecule has 0 bridgehead atoms.